The molecular weight excluding hydrogens is 274 g/mol. The molecule has 1 fully saturated rings. The highest BCUT2D eigenvalue weighted by atomic mass is 19.1. The molecule has 0 aromatic heterocycles. The van der Waals surface area contributed by atoms with Gasteiger partial charge in [-0.2, -0.15) is 0 Å². The van der Waals surface area contributed by atoms with Crippen molar-refractivity contribution in [3.05, 3.63) is 29.3 Å². The first-order chi connectivity index (χ1) is 10.1. The number of benzene rings is 1. The molecule has 1 aromatic rings. The quantitative estimate of drug-likeness (QED) is 0.799. The van der Waals surface area contributed by atoms with E-state index in [4.69, 9.17) is 9.47 Å². The van der Waals surface area contributed by atoms with Crippen molar-refractivity contribution in [3.63, 3.8) is 0 Å². The van der Waals surface area contributed by atoms with E-state index in [1.54, 1.807) is 0 Å². The summed E-state index contributed by atoms with van der Waals surface area (Å²) in [6, 6.07) is 2.26. The van der Waals surface area contributed by atoms with Crippen LogP contribution in [-0.2, 0) is 11.2 Å². The van der Waals surface area contributed by atoms with Crippen LogP contribution in [-0.4, -0.2) is 19.3 Å². The Morgan fingerprint density at radius 1 is 1.19 bits per heavy atom. The van der Waals surface area contributed by atoms with Gasteiger partial charge in [-0.3, -0.25) is 0 Å². The Kier molecular flexibility index (Phi) is 7.65. The fourth-order valence-corrected chi connectivity index (χ4v) is 2.30. The molecule has 2 nitrogen and oxygen atoms in total. The fraction of sp³-hybridized carbons (Fsp3) is 0.647. The van der Waals surface area contributed by atoms with Gasteiger partial charge >= 0.3 is 0 Å². The van der Waals surface area contributed by atoms with Crippen molar-refractivity contribution in [1.82, 2.24) is 0 Å². The molecule has 1 aromatic carbocycles. The summed E-state index contributed by atoms with van der Waals surface area (Å²) in [6.07, 6.45) is 2.06. The van der Waals surface area contributed by atoms with Gasteiger partial charge in [0.25, 0.3) is 0 Å². The molecule has 0 aliphatic carbocycles. The van der Waals surface area contributed by atoms with E-state index in [9.17, 15) is 8.78 Å². The topological polar surface area (TPSA) is 18.5 Å². The summed E-state index contributed by atoms with van der Waals surface area (Å²) in [5.41, 5.74) is 0.610. The third-order valence-electron chi connectivity index (χ3n) is 3.17. The summed E-state index contributed by atoms with van der Waals surface area (Å²) in [5, 5.41) is 0. The first-order valence-corrected chi connectivity index (χ1v) is 7.78. The minimum absolute atomic E-state index is 0.0420. The summed E-state index contributed by atoms with van der Waals surface area (Å²) in [7, 11) is 0. The van der Waals surface area contributed by atoms with Crippen molar-refractivity contribution in [2.45, 2.75) is 53.1 Å². The van der Waals surface area contributed by atoms with Gasteiger partial charge in [0.15, 0.2) is 11.6 Å². The first-order valence-electron chi connectivity index (χ1n) is 7.78. The molecule has 0 saturated carbocycles. The Morgan fingerprint density at radius 3 is 2.38 bits per heavy atom. The summed E-state index contributed by atoms with van der Waals surface area (Å²) in [4.78, 5) is 0. The first kappa shape index (κ1) is 17.9. The zero-order chi connectivity index (χ0) is 15.8. The van der Waals surface area contributed by atoms with Crippen molar-refractivity contribution in [1.29, 1.82) is 0 Å². The average molecular weight is 300 g/mol. The molecule has 1 saturated heterocycles. The molecule has 1 aliphatic heterocycles. The maximum atomic E-state index is 13.9. The number of halogens is 2. The van der Waals surface area contributed by atoms with Gasteiger partial charge in [-0.25, -0.2) is 8.78 Å². The molecule has 0 spiro atoms. The van der Waals surface area contributed by atoms with Crippen LogP contribution in [0.1, 0.15) is 46.1 Å². The molecule has 4 heteroatoms. The monoisotopic (exact) mass is 300 g/mol. The van der Waals surface area contributed by atoms with E-state index in [0.717, 1.165) is 18.9 Å². The van der Waals surface area contributed by atoms with Crippen molar-refractivity contribution in [2.75, 3.05) is 13.2 Å². The largest absolute Gasteiger partial charge is 0.487 e. The highest BCUT2D eigenvalue weighted by molar-refractivity contribution is 5.36. The Hall–Kier alpha value is -1.16. The lowest BCUT2D eigenvalue weighted by Crippen LogP contribution is -2.26. The van der Waals surface area contributed by atoms with Crippen LogP contribution in [0.3, 0.4) is 0 Å². The van der Waals surface area contributed by atoms with Crippen LogP contribution in [0.2, 0.25) is 0 Å². The maximum absolute atomic E-state index is 13.9. The summed E-state index contributed by atoms with van der Waals surface area (Å²) >= 11 is 0. The number of rotatable bonds is 4. The zero-order valence-electron chi connectivity index (χ0n) is 13.4. The molecule has 0 atom stereocenters. The second kappa shape index (κ2) is 8.98. The van der Waals surface area contributed by atoms with Gasteiger partial charge in [0, 0.05) is 24.5 Å². The van der Waals surface area contributed by atoms with Gasteiger partial charge in [-0.15, -0.1) is 0 Å². The molecule has 0 radical (unpaired) electrons. The van der Waals surface area contributed by atoms with Crippen LogP contribution in [0.5, 0.6) is 5.75 Å². The Bertz CT molecular complexity index is 427. The molecule has 21 heavy (non-hydrogen) atoms. The van der Waals surface area contributed by atoms with Crippen LogP contribution in [0.4, 0.5) is 8.78 Å². The molecule has 2 rings (SSSR count). The lowest BCUT2D eigenvalue weighted by atomic mass is 10.0. The molecule has 0 bridgehead atoms. The van der Waals surface area contributed by atoms with Gasteiger partial charge in [0.1, 0.15) is 11.9 Å². The van der Waals surface area contributed by atoms with Crippen LogP contribution < -0.4 is 4.74 Å². The van der Waals surface area contributed by atoms with Crippen molar-refractivity contribution in [3.8, 4) is 5.75 Å². The molecular formula is C17H26F2O2. The SMILES string of the molecule is CC.CC(C)Cc1cc(F)cc(F)c1OC1CCOCC1. The lowest BCUT2D eigenvalue weighted by molar-refractivity contribution is 0.0235. The van der Waals surface area contributed by atoms with E-state index >= 15 is 0 Å². The van der Waals surface area contributed by atoms with E-state index in [2.05, 4.69) is 0 Å². The highest BCUT2D eigenvalue weighted by Gasteiger charge is 2.20. The normalized spacial score (nSPS) is 15.6. The van der Waals surface area contributed by atoms with E-state index in [0.29, 0.717) is 31.1 Å². The summed E-state index contributed by atoms with van der Waals surface area (Å²) < 4.78 is 38.2. The standard InChI is InChI=1S/C15H20F2O2.C2H6/c1-10(2)7-11-8-12(16)9-14(17)15(11)19-13-3-5-18-6-4-13;1-2/h8-10,13H,3-7H2,1-2H3;1-2H3. The van der Waals surface area contributed by atoms with Gasteiger partial charge in [0.2, 0.25) is 0 Å². The van der Waals surface area contributed by atoms with Crippen molar-refractivity contribution >= 4 is 0 Å². The molecule has 120 valence electrons. The Balaban J connectivity index is 0.00000106. The van der Waals surface area contributed by atoms with Gasteiger partial charge < -0.3 is 9.47 Å². The number of hydrogen-bond acceptors (Lipinski definition) is 2. The van der Waals surface area contributed by atoms with Gasteiger partial charge in [-0.05, 0) is 18.4 Å². The Labute approximate surface area is 126 Å². The maximum Gasteiger partial charge on any atom is 0.168 e. The fourth-order valence-electron chi connectivity index (χ4n) is 2.30. The third-order valence-corrected chi connectivity index (χ3v) is 3.17. The minimum Gasteiger partial charge on any atom is -0.487 e. The number of hydrogen-bond donors (Lipinski definition) is 0. The average Bonchev–Trinajstić information content (AvgIpc) is 2.45. The second-order valence-electron chi connectivity index (χ2n) is 5.40. The van der Waals surface area contributed by atoms with E-state index in [1.807, 2.05) is 27.7 Å². The number of ether oxygens (including phenoxy) is 2. The highest BCUT2D eigenvalue weighted by Crippen LogP contribution is 2.29. The molecule has 0 unspecified atom stereocenters. The van der Waals surface area contributed by atoms with Crippen molar-refractivity contribution < 1.29 is 18.3 Å². The lowest BCUT2D eigenvalue weighted by Gasteiger charge is -2.25. The molecule has 1 heterocycles. The van der Waals surface area contributed by atoms with Crippen molar-refractivity contribution in [2.24, 2.45) is 5.92 Å². The van der Waals surface area contributed by atoms with Gasteiger partial charge in [0.05, 0.1) is 13.2 Å². The van der Waals surface area contributed by atoms with Crippen LogP contribution >= 0.6 is 0 Å². The van der Waals surface area contributed by atoms with Crippen LogP contribution in [0.15, 0.2) is 12.1 Å². The second-order valence-corrected chi connectivity index (χ2v) is 5.40. The van der Waals surface area contributed by atoms with Crippen LogP contribution in [0, 0.1) is 17.6 Å². The third kappa shape index (κ3) is 5.62. The Morgan fingerprint density at radius 2 is 1.81 bits per heavy atom. The smallest absolute Gasteiger partial charge is 0.168 e. The summed E-state index contributed by atoms with van der Waals surface area (Å²) in [6.45, 7) is 9.29. The predicted molar refractivity (Wildman–Crippen MR) is 80.7 cm³/mol. The molecule has 0 N–H and O–H groups in total. The predicted octanol–water partition coefficient (Wildman–Crippen LogP) is 4.75. The molecule has 1 aliphatic rings. The molecule has 0 amide bonds. The van der Waals surface area contributed by atoms with E-state index in [-0.39, 0.29) is 11.9 Å². The zero-order valence-corrected chi connectivity index (χ0v) is 13.4. The van der Waals surface area contributed by atoms with Crippen LogP contribution in [0.25, 0.3) is 0 Å². The van der Waals surface area contributed by atoms with Gasteiger partial charge in [-0.1, -0.05) is 27.7 Å². The minimum atomic E-state index is -0.609. The summed E-state index contributed by atoms with van der Waals surface area (Å²) in [5.74, 6) is -0.630. The van der Waals surface area contributed by atoms with E-state index < -0.39 is 11.6 Å². The van der Waals surface area contributed by atoms with E-state index in [1.165, 1.54) is 6.07 Å².